The number of amides is 1. The van der Waals surface area contributed by atoms with Gasteiger partial charge in [-0.3, -0.25) is 4.79 Å². The second-order valence-corrected chi connectivity index (χ2v) is 7.79. The van der Waals surface area contributed by atoms with Crippen LogP contribution in [0.15, 0.2) is 48.5 Å². The molecule has 2 aliphatic rings. The van der Waals surface area contributed by atoms with Crippen LogP contribution >= 0.6 is 0 Å². The average Bonchev–Trinajstić information content (AvgIpc) is 3.19. The molecular formula is C23H26FNO2. The van der Waals surface area contributed by atoms with E-state index in [1.807, 2.05) is 17.0 Å². The lowest BCUT2D eigenvalue weighted by Crippen LogP contribution is -2.50. The Balaban J connectivity index is 1.61. The molecule has 1 atom stereocenters. The fraction of sp³-hybridized carbons (Fsp3) is 0.435. The fourth-order valence-electron chi connectivity index (χ4n) is 4.61. The van der Waals surface area contributed by atoms with Crippen molar-refractivity contribution in [3.8, 4) is 0 Å². The van der Waals surface area contributed by atoms with Crippen molar-refractivity contribution in [1.82, 2.24) is 4.90 Å². The summed E-state index contributed by atoms with van der Waals surface area (Å²) < 4.78 is 20.0. The van der Waals surface area contributed by atoms with Crippen LogP contribution in [0.3, 0.4) is 0 Å². The molecule has 1 aliphatic carbocycles. The Morgan fingerprint density at radius 2 is 1.93 bits per heavy atom. The number of ether oxygens (including phenoxy) is 1. The van der Waals surface area contributed by atoms with E-state index in [1.54, 1.807) is 12.1 Å². The molecule has 4 heteroatoms. The van der Waals surface area contributed by atoms with Crippen molar-refractivity contribution in [2.45, 2.75) is 44.1 Å². The third-order valence-corrected chi connectivity index (χ3v) is 6.04. The van der Waals surface area contributed by atoms with Gasteiger partial charge in [-0.05, 0) is 31.4 Å². The maximum absolute atomic E-state index is 14.2. The predicted octanol–water partition coefficient (Wildman–Crippen LogP) is 4.55. The summed E-state index contributed by atoms with van der Waals surface area (Å²) in [6.45, 7) is 3.49. The first kappa shape index (κ1) is 18.2. The fourth-order valence-corrected chi connectivity index (χ4v) is 4.61. The number of aryl methyl sites for hydroxylation is 1. The molecule has 1 heterocycles. The van der Waals surface area contributed by atoms with Crippen LogP contribution in [0.4, 0.5) is 4.39 Å². The van der Waals surface area contributed by atoms with E-state index in [4.69, 9.17) is 4.74 Å². The zero-order chi connectivity index (χ0) is 18.9. The van der Waals surface area contributed by atoms with Crippen LogP contribution < -0.4 is 0 Å². The molecular weight excluding hydrogens is 341 g/mol. The van der Waals surface area contributed by atoms with Gasteiger partial charge in [0.25, 0.3) is 0 Å². The lowest BCUT2D eigenvalue weighted by molar-refractivity contribution is -0.145. The third-order valence-electron chi connectivity index (χ3n) is 6.04. The first-order valence-corrected chi connectivity index (χ1v) is 9.83. The molecule has 2 fully saturated rings. The van der Waals surface area contributed by atoms with E-state index < -0.39 is 11.5 Å². The number of benzene rings is 2. The summed E-state index contributed by atoms with van der Waals surface area (Å²) in [5, 5.41) is 0. The van der Waals surface area contributed by atoms with Gasteiger partial charge in [-0.1, -0.05) is 60.9 Å². The van der Waals surface area contributed by atoms with Gasteiger partial charge in [-0.15, -0.1) is 0 Å². The van der Waals surface area contributed by atoms with E-state index in [2.05, 4.69) is 25.1 Å². The van der Waals surface area contributed by atoms with Gasteiger partial charge >= 0.3 is 0 Å². The molecule has 0 aromatic heterocycles. The van der Waals surface area contributed by atoms with E-state index >= 15 is 0 Å². The first-order valence-electron chi connectivity index (χ1n) is 9.83. The predicted molar refractivity (Wildman–Crippen MR) is 103 cm³/mol. The highest BCUT2D eigenvalue weighted by atomic mass is 19.1. The Labute approximate surface area is 160 Å². The number of hydrogen-bond donors (Lipinski definition) is 0. The minimum atomic E-state index is -0.441. The Morgan fingerprint density at radius 1 is 1.15 bits per heavy atom. The summed E-state index contributed by atoms with van der Waals surface area (Å²) in [4.78, 5) is 15.6. The molecule has 142 valence electrons. The lowest BCUT2D eigenvalue weighted by atomic mass is 9.77. The summed E-state index contributed by atoms with van der Waals surface area (Å²) >= 11 is 0. The minimum Gasteiger partial charge on any atom is -0.370 e. The molecule has 0 spiro atoms. The number of hydrogen-bond acceptors (Lipinski definition) is 2. The molecule has 1 amide bonds. The molecule has 0 bridgehead atoms. The molecule has 3 nitrogen and oxygen atoms in total. The van der Waals surface area contributed by atoms with Gasteiger partial charge in [0.15, 0.2) is 0 Å². The summed E-state index contributed by atoms with van der Waals surface area (Å²) in [5.74, 6) is -0.0960. The van der Waals surface area contributed by atoms with Gasteiger partial charge in [-0.2, -0.15) is 0 Å². The van der Waals surface area contributed by atoms with Gasteiger partial charge in [-0.25, -0.2) is 4.39 Å². The number of nitrogens with zero attached hydrogens (tertiary/aromatic N) is 1. The van der Waals surface area contributed by atoms with Crippen molar-refractivity contribution >= 4 is 5.91 Å². The van der Waals surface area contributed by atoms with Crippen LogP contribution in [0, 0.1) is 12.7 Å². The molecule has 1 unspecified atom stereocenters. The topological polar surface area (TPSA) is 29.5 Å². The Morgan fingerprint density at radius 3 is 2.67 bits per heavy atom. The normalized spacial score (nSPS) is 22.0. The van der Waals surface area contributed by atoms with Crippen molar-refractivity contribution < 1.29 is 13.9 Å². The van der Waals surface area contributed by atoms with Gasteiger partial charge < -0.3 is 9.64 Å². The molecule has 2 aromatic rings. The minimum absolute atomic E-state index is 0.176. The maximum atomic E-state index is 14.2. The van der Waals surface area contributed by atoms with Gasteiger partial charge in [0.05, 0.1) is 18.6 Å². The van der Waals surface area contributed by atoms with E-state index in [0.717, 1.165) is 31.2 Å². The molecule has 2 aromatic carbocycles. The van der Waals surface area contributed by atoms with Crippen LogP contribution in [0.25, 0.3) is 0 Å². The quantitative estimate of drug-likeness (QED) is 0.797. The standard InChI is InChI=1S/C23H26FNO2/c1-17-7-6-8-18(15-17)23(11-4-5-12-23)22(26)25-13-14-27-21(16-25)19-9-2-3-10-20(19)24/h2-3,6-10,15,21H,4-5,11-14,16H2,1H3. The monoisotopic (exact) mass is 367 g/mol. The summed E-state index contributed by atoms with van der Waals surface area (Å²) in [6, 6.07) is 15.0. The van der Waals surface area contributed by atoms with Gasteiger partial charge in [0, 0.05) is 12.1 Å². The molecule has 1 saturated carbocycles. The molecule has 1 aliphatic heterocycles. The van der Waals surface area contributed by atoms with Crippen LogP contribution in [0.2, 0.25) is 0 Å². The second-order valence-electron chi connectivity index (χ2n) is 7.79. The first-order chi connectivity index (χ1) is 13.1. The number of halogens is 1. The van der Waals surface area contributed by atoms with Crippen LogP contribution in [-0.2, 0) is 14.9 Å². The largest absolute Gasteiger partial charge is 0.370 e. The van der Waals surface area contributed by atoms with Crippen molar-refractivity contribution in [2.24, 2.45) is 0 Å². The van der Waals surface area contributed by atoms with E-state index in [9.17, 15) is 9.18 Å². The summed E-state index contributed by atoms with van der Waals surface area (Å²) in [7, 11) is 0. The number of carbonyl (C=O) groups excluding carboxylic acids is 1. The van der Waals surface area contributed by atoms with Crippen LogP contribution in [0.5, 0.6) is 0 Å². The number of morpholine rings is 1. The van der Waals surface area contributed by atoms with Gasteiger partial charge in [0.1, 0.15) is 11.9 Å². The van der Waals surface area contributed by atoms with E-state index in [1.165, 1.54) is 11.6 Å². The molecule has 27 heavy (non-hydrogen) atoms. The van der Waals surface area contributed by atoms with Crippen LogP contribution in [-0.4, -0.2) is 30.5 Å². The van der Waals surface area contributed by atoms with Gasteiger partial charge in [0.2, 0.25) is 5.91 Å². The molecule has 1 saturated heterocycles. The molecule has 0 N–H and O–H groups in total. The Bertz CT molecular complexity index is 829. The average molecular weight is 367 g/mol. The Kier molecular flexibility index (Phi) is 5.00. The molecule has 0 radical (unpaired) electrons. The maximum Gasteiger partial charge on any atom is 0.233 e. The van der Waals surface area contributed by atoms with Crippen molar-refractivity contribution in [3.05, 3.63) is 71.0 Å². The zero-order valence-electron chi connectivity index (χ0n) is 15.8. The highest BCUT2D eigenvalue weighted by Gasteiger charge is 2.46. The Hall–Kier alpha value is -2.20. The second kappa shape index (κ2) is 7.43. The van der Waals surface area contributed by atoms with E-state index in [-0.39, 0.29) is 11.7 Å². The molecule has 4 rings (SSSR count). The highest BCUT2D eigenvalue weighted by molar-refractivity contribution is 5.89. The van der Waals surface area contributed by atoms with Crippen molar-refractivity contribution in [3.63, 3.8) is 0 Å². The van der Waals surface area contributed by atoms with Crippen molar-refractivity contribution in [2.75, 3.05) is 19.7 Å². The van der Waals surface area contributed by atoms with Crippen molar-refractivity contribution in [1.29, 1.82) is 0 Å². The smallest absolute Gasteiger partial charge is 0.233 e. The lowest BCUT2D eigenvalue weighted by Gasteiger charge is -2.39. The van der Waals surface area contributed by atoms with Crippen LogP contribution in [0.1, 0.15) is 48.5 Å². The van der Waals surface area contributed by atoms with E-state index in [0.29, 0.717) is 25.3 Å². The zero-order valence-corrected chi connectivity index (χ0v) is 15.8. The number of rotatable bonds is 3. The SMILES string of the molecule is Cc1cccc(C2(C(=O)N3CCOC(c4ccccc4F)C3)CCCC2)c1. The summed E-state index contributed by atoms with van der Waals surface area (Å²) in [6.07, 6.45) is 3.51. The summed E-state index contributed by atoms with van der Waals surface area (Å²) in [5.41, 5.74) is 2.39. The number of carbonyl (C=O) groups is 1. The highest BCUT2D eigenvalue weighted by Crippen LogP contribution is 2.43. The third kappa shape index (κ3) is 3.39.